The monoisotopic (exact) mass is 506 g/mol. The number of rotatable bonds is 11. The number of aryl methyl sites for hydroxylation is 1. The summed E-state index contributed by atoms with van der Waals surface area (Å²) in [6.45, 7) is 5.27. The number of halogens is 1. The fourth-order valence-corrected chi connectivity index (χ4v) is 3.56. The van der Waals surface area contributed by atoms with Gasteiger partial charge in [0.1, 0.15) is 12.4 Å². The Morgan fingerprint density at radius 1 is 0.972 bits per heavy atom. The summed E-state index contributed by atoms with van der Waals surface area (Å²) in [5.41, 5.74) is 3.42. The summed E-state index contributed by atoms with van der Waals surface area (Å²) in [6, 6.07) is 22.4. The highest BCUT2D eigenvalue weighted by molar-refractivity contribution is 6.30. The van der Waals surface area contributed by atoms with Gasteiger partial charge in [0.2, 0.25) is 0 Å². The Kier molecular flexibility index (Phi) is 8.54. The zero-order valence-electron chi connectivity index (χ0n) is 20.1. The molecule has 8 nitrogen and oxygen atoms in total. The summed E-state index contributed by atoms with van der Waals surface area (Å²) in [4.78, 5) is 16.9. The molecule has 0 spiro atoms. The Labute approximate surface area is 214 Å². The Morgan fingerprint density at radius 3 is 2.44 bits per heavy atom. The molecule has 0 saturated carbocycles. The second kappa shape index (κ2) is 12.2. The Hall–Kier alpha value is -3.88. The first-order valence-electron chi connectivity index (χ1n) is 11.6. The van der Waals surface area contributed by atoms with Crippen LogP contribution in [0.2, 0.25) is 5.02 Å². The summed E-state index contributed by atoms with van der Waals surface area (Å²) < 4.78 is 18.3. The largest absolute Gasteiger partial charge is 0.484 e. The third-order valence-corrected chi connectivity index (χ3v) is 5.47. The van der Waals surface area contributed by atoms with E-state index in [9.17, 15) is 4.79 Å². The minimum atomic E-state index is -0.274. The quantitative estimate of drug-likeness (QED) is 0.277. The van der Waals surface area contributed by atoms with Crippen molar-refractivity contribution in [1.29, 1.82) is 0 Å². The number of anilines is 1. The number of amides is 1. The molecule has 36 heavy (non-hydrogen) atoms. The highest BCUT2D eigenvalue weighted by Gasteiger charge is 2.16. The van der Waals surface area contributed by atoms with Crippen LogP contribution in [0.1, 0.15) is 12.5 Å². The summed E-state index contributed by atoms with van der Waals surface area (Å²) >= 11 is 5.87. The molecule has 0 saturated heterocycles. The number of nitrogens with zero attached hydrogens (tertiary/aromatic N) is 3. The van der Waals surface area contributed by atoms with Crippen LogP contribution in [0.3, 0.4) is 0 Å². The van der Waals surface area contributed by atoms with Crippen LogP contribution in [0, 0.1) is 6.92 Å². The van der Waals surface area contributed by atoms with E-state index in [1.54, 1.807) is 41.1 Å². The van der Waals surface area contributed by atoms with Gasteiger partial charge < -0.3 is 19.5 Å². The van der Waals surface area contributed by atoms with E-state index < -0.39 is 0 Å². The van der Waals surface area contributed by atoms with Gasteiger partial charge in [-0.15, -0.1) is 5.10 Å². The van der Waals surface area contributed by atoms with Crippen LogP contribution in [-0.4, -0.2) is 47.1 Å². The van der Waals surface area contributed by atoms with Gasteiger partial charge in [-0.1, -0.05) is 35.9 Å². The zero-order valence-corrected chi connectivity index (χ0v) is 20.9. The average molecular weight is 507 g/mol. The minimum absolute atomic E-state index is 0.119. The van der Waals surface area contributed by atoms with Crippen molar-refractivity contribution in [2.45, 2.75) is 13.8 Å². The lowest BCUT2D eigenvalue weighted by atomic mass is 10.1. The Balaban J connectivity index is 1.47. The maximum atomic E-state index is 12.3. The van der Waals surface area contributed by atoms with E-state index >= 15 is 0 Å². The van der Waals surface area contributed by atoms with Gasteiger partial charge in [0.15, 0.2) is 12.4 Å². The smallest absolute Gasteiger partial charge is 0.336 e. The lowest BCUT2D eigenvalue weighted by molar-refractivity contribution is -0.118. The number of carbonyl (C=O) groups excluding carboxylic acids is 1. The maximum Gasteiger partial charge on any atom is 0.336 e. The van der Waals surface area contributed by atoms with Crippen LogP contribution in [-0.2, 0) is 9.53 Å². The van der Waals surface area contributed by atoms with Gasteiger partial charge in [0.05, 0.1) is 12.3 Å². The van der Waals surface area contributed by atoms with Crippen molar-refractivity contribution in [3.63, 3.8) is 0 Å². The summed E-state index contributed by atoms with van der Waals surface area (Å²) in [6.07, 6.45) is 0. The molecular formula is C27H27ClN4O4. The van der Waals surface area contributed by atoms with Crippen LogP contribution in [0.4, 0.5) is 5.69 Å². The molecule has 3 aromatic carbocycles. The Morgan fingerprint density at radius 2 is 1.72 bits per heavy atom. The molecule has 0 aliphatic heterocycles. The molecule has 1 N–H and O–H groups in total. The van der Waals surface area contributed by atoms with Crippen LogP contribution < -0.4 is 14.8 Å². The topological polar surface area (TPSA) is 87.5 Å². The van der Waals surface area contributed by atoms with E-state index in [2.05, 4.69) is 15.4 Å². The van der Waals surface area contributed by atoms with Crippen molar-refractivity contribution < 1.29 is 19.0 Å². The van der Waals surface area contributed by atoms with E-state index in [4.69, 9.17) is 25.8 Å². The predicted octanol–water partition coefficient (Wildman–Crippen LogP) is 5.33. The van der Waals surface area contributed by atoms with Gasteiger partial charge in [-0.2, -0.15) is 4.98 Å². The lowest BCUT2D eigenvalue weighted by Gasteiger charge is -2.10. The van der Waals surface area contributed by atoms with Gasteiger partial charge in [-0.3, -0.25) is 4.79 Å². The minimum Gasteiger partial charge on any atom is -0.484 e. The SMILES string of the molecule is CCOCCOc1nc(-c2ccccc2C)n(-c2ccc(NC(=O)COc3ccc(Cl)cc3)cc2)n1. The summed E-state index contributed by atoms with van der Waals surface area (Å²) in [7, 11) is 0. The molecule has 1 amide bonds. The molecule has 0 atom stereocenters. The van der Waals surface area contributed by atoms with E-state index in [0.717, 1.165) is 16.8 Å². The van der Waals surface area contributed by atoms with Crippen molar-refractivity contribution in [2.75, 3.05) is 31.7 Å². The van der Waals surface area contributed by atoms with Gasteiger partial charge in [0, 0.05) is 22.9 Å². The molecule has 4 rings (SSSR count). The van der Waals surface area contributed by atoms with E-state index in [1.165, 1.54) is 0 Å². The van der Waals surface area contributed by atoms with Crippen molar-refractivity contribution >= 4 is 23.2 Å². The second-order valence-corrected chi connectivity index (χ2v) is 8.26. The van der Waals surface area contributed by atoms with E-state index in [0.29, 0.717) is 42.1 Å². The molecule has 9 heteroatoms. The molecule has 0 fully saturated rings. The van der Waals surface area contributed by atoms with Gasteiger partial charge in [0.25, 0.3) is 5.91 Å². The molecule has 0 unspecified atom stereocenters. The molecule has 0 aliphatic rings. The van der Waals surface area contributed by atoms with Crippen LogP contribution >= 0.6 is 11.6 Å². The summed E-state index contributed by atoms with van der Waals surface area (Å²) in [5.74, 6) is 0.954. The second-order valence-electron chi connectivity index (χ2n) is 7.83. The highest BCUT2D eigenvalue weighted by atomic mass is 35.5. The standard InChI is InChI=1S/C27H27ClN4O4/c1-3-34-16-17-35-27-30-26(24-7-5-4-6-19(24)2)32(31-27)22-12-10-21(11-13-22)29-25(33)18-36-23-14-8-20(28)9-15-23/h4-15H,3,16-18H2,1-2H3,(H,29,33). The maximum absolute atomic E-state index is 12.3. The van der Waals surface area contributed by atoms with Crippen LogP contribution in [0.15, 0.2) is 72.8 Å². The molecule has 186 valence electrons. The molecule has 0 aliphatic carbocycles. The van der Waals surface area contributed by atoms with Crippen LogP contribution in [0.25, 0.3) is 17.1 Å². The first-order valence-corrected chi connectivity index (χ1v) is 11.9. The molecule has 4 aromatic rings. The molecular weight excluding hydrogens is 480 g/mol. The third kappa shape index (κ3) is 6.62. The van der Waals surface area contributed by atoms with Gasteiger partial charge in [-0.05, 0) is 67.9 Å². The number of aromatic nitrogens is 3. The normalized spacial score (nSPS) is 10.8. The lowest BCUT2D eigenvalue weighted by Crippen LogP contribution is -2.20. The Bertz CT molecular complexity index is 1290. The summed E-state index contributed by atoms with van der Waals surface area (Å²) in [5, 5.41) is 8.00. The first-order chi connectivity index (χ1) is 17.5. The molecule has 0 radical (unpaired) electrons. The zero-order chi connectivity index (χ0) is 25.3. The highest BCUT2D eigenvalue weighted by Crippen LogP contribution is 2.27. The fourth-order valence-electron chi connectivity index (χ4n) is 3.43. The fraction of sp³-hybridized carbons (Fsp3) is 0.222. The van der Waals surface area contributed by atoms with Crippen molar-refractivity contribution in [2.24, 2.45) is 0 Å². The molecule has 1 aromatic heterocycles. The van der Waals surface area contributed by atoms with Crippen molar-refractivity contribution in [3.8, 4) is 28.8 Å². The van der Waals surface area contributed by atoms with Crippen molar-refractivity contribution in [3.05, 3.63) is 83.4 Å². The average Bonchev–Trinajstić information content (AvgIpc) is 3.31. The first kappa shape index (κ1) is 25.2. The number of nitrogens with one attached hydrogen (secondary N) is 1. The number of hydrogen-bond donors (Lipinski definition) is 1. The van der Waals surface area contributed by atoms with Crippen LogP contribution in [0.5, 0.6) is 11.8 Å². The van der Waals surface area contributed by atoms with Gasteiger partial charge >= 0.3 is 6.01 Å². The number of hydrogen-bond acceptors (Lipinski definition) is 6. The predicted molar refractivity (Wildman–Crippen MR) is 139 cm³/mol. The third-order valence-electron chi connectivity index (χ3n) is 5.22. The number of carbonyl (C=O) groups is 1. The van der Waals surface area contributed by atoms with Crippen molar-refractivity contribution in [1.82, 2.24) is 14.8 Å². The van der Waals surface area contributed by atoms with E-state index in [1.807, 2.05) is 50.2 Å². The molecule has 0 bridgehead atoms. The van der Waals surface area contributed by atoms with E-state index in [-0.39, 0.29) is 18.5 Å². The van der Waals surface area contributed by atoms with Gasteiger partial charge in [-0.25, -0.2) is 4.68 Å². The number of ether oxygens (including phenoxy) is 3. The number of benzene rings is 3. The molecule has 1 heterocycles.